The lowest BCUT2D eigenvalue weighted by Crippen LogP contribution is -2.40. The molecular weight excluding hydrogens is 290 g/mol. The van der Waals surface area contributed by atoms with E-state index in [2.05, 4.69) is 18.8 Å². The average Bonchev–Trinajstić information content (AvgIpc) is 2.48. The second-order valence-corrected chi connectivity index (χ2v) is 6.38. The van der Waals surface area contributed by atoms with Gasteiger partial charge < -0.3 is 14.2 Å². The highest BCUT2D eigenvalue weighted by Crippen LogP contribution is 2.30. The molecule has 1 aromatic heterocycles. The molecule has 0 unspecified atom stereocenters. The summed E-state index contributed by atoms with van der Waals surface area (Å²) in [6.45, 7) is 5.89. The monoisotopic (exact) mass is 307 g/mol. The van der Waals surface area contributed by atoms with Gasteiger partial charge in [0.05, 0.1) is 18.2 Å². The molecule has 0 aliphatic carbocycles. The van der Waals surface area contributed by atoms with Gasteiger partial charge in [-0.1, -0.05) is 25.4 Å². The SMILES string of the molecule is CC1(C)COC(COc2ccc(Cl)c3cccnc23)OC1. The second-order valence-electron chi connectivity index (χ2n) is 5.97. The van der Waals surface area contributed by atoms with Crippen LogP contribution in [0.2, 0.25) is 5.02 Å². The Bertz CT molecular complexity index is 634. The second kappa shape index (κ2) is 5.79. The van der Waals surface area contributed by atoms with Crippen molar-refractivity contribution in [3.8, 4) is 5.75 Å². The molecule has 1 saturated heterocycles. The number of nitrogens with zero attached hydrogens (tertiary/aromatic N) is 1. The number of ether oxygens (including phenoxy) is 3. The first-order chi connectivity index (χ1) is 10.1. The first-order valence-electron chi connectivity index (χ1n) is 6.94. The highest BCUT2D eigenvalue weighted by Gasteiger charge is 2.28. The summed E-state index contributed by atoms with van der Waals surface area (Å²) in [6.07, 6.45) is 1.38. The summed E-state index contributed by atoms with van der Waals surface area (Å²) in [7, 11) is 0. The minimum atomic E-state index is -0.340. The van der Waals surface area contributed by atoms with E-state index in [1.54, 1.807) is 6.20 Å². The Hall–Kier alpha value is -1.36. The van der Waals surface area contributed by atoms with E-state index in [-0.39, 0.29) is 11.7 Å². The minimum Gasteiger partial charge on any atom is -0.486 e. The minimum absolute atomic E-state index is 0.0605. The standard InChI is InChI=1S/C16H18ClNO3/c1-16(2)9-20-14(21-10-16)8-19-13-6-5-12(17)11-4-3-7-18-15(11)13/h3-7,14H,8-10H2,1-2H3. The summed E-state index contributed by atoms with van der Waals surface area (Å²) in [4.78, 5) is 4.34. The maximum absolute atomic E-state index is 6.16. The van der Waals surface area contributed by atoms with Gasteiger partial charge >= 0.3 is 0 Å². The highest BCUT2D eigenvalue weighted by molar-refractivity contribution is 6.35. The van der Waals surface area contributed by atoms with E-state index >= 15 is 0 Å². The van der Waals surface area contributed by atoms with Crippen molar-refractivity contribution in [3.63, 3.8) is 0 Å². The third-order valence-corrected chi connectivity index (χ3v) is 3.70. The molecule has 0 amide bonds. The molecule has 2 aromatic rings. The molecule has 1 aromatic carbocycles. The lowest BCUT2D eigenvalue weighted by molar-refractivity contribution is -0.230. The van der Waals surface area contributed by atoms with Crippen LogP contribution in [-0.4, -0.2) is 31.1 Å². The normalized spacial score (nSPS) is 18.8. The first kappa shape index (κ1) is 14.6. The van der Waals surface area contributed by atoms with E-state index in [0.29, 0.717) is 30.6 Å². The van der Waals surface area contributed by atoms with Crippen molar-refractivity contribution in [1.29, 1.82) is 0 Å². The number of hydrogen-bond donors (Lipinski definition) is 0. The number of halogens is 1. The molecule has 5 heteroatoms. The predicted molar refractivity (Wildman–Crippen MR) is 81.7 cm³/mol. The van der Waals surface area contributed by atoms with Crippen LogP contribution >= 0.6 is 11.6 Å². The molecule has 21 heavy (non-hydrogen) atoms. The maximum Gasteiger partial charge on any atom is 0.191 e. The van der Waals surface area contributed by atoms with Gasteiger partial charge in [-0.15, -0.1) is 0 Å². The fourth-order valence-corrected chi connectivity index (χ4v) is 2.42. The van der Waals surface area contributed by atoms with Gasteiger partial charge in [-0.3, -0.25) is 4.98 Å². The molecule has 1 aliphatic heterocycles. The van der Waals surface area contributed by atoms with Crippen LogP contribution in [-0.2, 0) is 9.47 Å². The van der Waals surface area contributed by atoms with E-state index in [4.69, 9.17) is 25.8 Å². The lowest BCUT2D eigenvalue weighted by Gasteiger charge is -2.34. The third kappa shape index (κ3) is 3.28. The number of hydrogen-bond acceptors (Lipinski definition) is 4. The molecule has 112 valence electrons. The number of rotatable bonds is 3. The Morgan fingerprint density at radius 1 is 1.29 bits per heavy atom. The number of benzene rings is 1. The van der Waals surface area contributed by atoms with Gasteiger partial charge in [-0.2, -0.15) is 0 Å². The van der Waals surface area contributed by atoms with Crippen molar-refractivity contribution in [1.82, 2.24) is 4.98 Å². The smallest absolute Gasteiger partial charge is 0.191 e. The van der Waals surface area contributed by atoms with Gasteiger partial charge in [0.1, 0.15) is 17.9 Å². The van der Waals surface area contributed by atoms with Crippen molar-refractivity contribution < 1.29 is 14.2 Å². The molecule has 0 saturated carbocycles. The maximum atomic E-state index is 6.16. The van der Waals surface area contributed by atoms with Crippen molar-refractivity contribution in [2.45, 2.75) is 20.1 Å². The average molecular weight is 308 g/mol. The molecule has 3 rings (SSSR count). The largest absolute Gasteiger partial charge is 0.486 e. The number of fused-ring (bicyclic) bond motifs is 1. The molecule has 0 radical (unpaired) electrons. The molecule has 0 bridgehead atoms. The fourth-order valence-electron chi connectivity index (χ4n) is 2.21. The molecule has 0 spiro atoms. The van der Waals surface area contributed by atoms with Crippen molar-refractivity contribution in [2.24, 2.45) is 5.41 Å². The van der Waals surface area contributed by atoms with E-state index in [1.807, 2.05) is 24.3 Å². The molecule has 1 fully saturated rings. The summed E-state index contributed by atoms with van der Waals surface area (Å²) in [5.41, 5.74) is 0.812. The van der Waals surface area contributed by atoms with Crippen LogP contribution in [0.15, 0.2) is 30.5 Å². The molecule has 0 N–H and O–H groups in total. The lowest BCUT2D eigenvalue weighted by atomic mass is 9.96. The number of pyridine rings is 1. The van der Waals surface area contributed by atoms with Crippen molar-refractivity contribution >= 4 is 22.5 Å². The zero-order valence-electron chi connectivity index (χ0n) is 12.1. The zero-order valence-corrected chi connectivity index (χ0v) is 12.9. The topological polar surface area (TPSA) is 40.6 Å². The third-order valence-electron chi connectivity index (χ3n) is 3.37. The van der Waals surface area contributed by atoms with E-state index in [0.717, 1.165) is 10.9 Å². The Kier molecular flexibility index (Phi) is 4.02. The Balaban J connectivity index is 1.70. The van der Waals surface area contributed by atoms with E-state index in [9.17, 15) is 0 Å². The highest BCUT2D eigenvalue weighted by atomic mass is 35.5. The molecule has 2 heterocycles. The molecule has 4 nitrogen and oxygen atoms in total. The van der Waals surface area contributed by atoms with Gasteiger partial charge in [0, 0.05) is 17.0 Å². The zero-order chi connectivity index (χ0) is 14.9. The van der Waals surface area contributed by atoms with Crippen LogP contribution in [0.3, 0.4) is 0 Å². The van der Waals surface area contributed by atoms with Gasteiger partial charge in [-0.05, 0) is 24.3 Å². The van der Waals surface area contributed by atoms with Crippen LogP contribution < -0.4 is 4.74 Å². The van der Waals surface area contributed by atoms with E-state index in [1.165, 1.54) is 0 Å². The summed E-state index contributed by atoms with van der Waals surface area (Å²) in [6, 6.07) is 7.41. The van der Waals surface area contributed by atoms with Gasteiger partial charge in [-0.25, -0.2) is 0 Å². The van der Waals surface area contributed by atoms with Gasteiger partial charge in [0.15, 0.2) is 6.29 Å². The quantitative estimate of drug-likeness (QED) is 0.867. The summed E-state index contributed by atoms with van der Waals surface area (Å²) in [5.74, 6) is 0.687. The molecule has 1 aliphatic rings. The fraction of sp³-hybridized carbons (Fsp3) is 0.438. The summed E-state index contributed by atoms with van der Waals surface area (Å²) >= 11 is 6.16. The van der Waals surface area contributed by atoms with Crippen LogP contribution in [0.1, 0.15) is 13.8 Å². The Labute approximate surface area is 129 Å². The van der Waals surface area contributed by atoms with Crippen molar-refractivity contribution in [2.75, 3.05) is 19.8 Å². The van der Waals surface area contributed by atoms with Crippen molar-refractivity contribution in [3.05, 3.63) is 35.5 Å². The Morgan fingerprint density at radius 2 is 2.05 bits per heavy atom. The van der Waals surface area contributed by atoms with Crippen LogP contribution in [0.5, 0.6) is 5.75 Å². The van der Waals surface area contributed by atoms with Crippen LogP contribution in [0.4, 0.5) is 0 Å². The summed E-state index contributed by atoms with van der Waals surface area (Å²) in [5, 5.41) is 1.54. The number of aromatic nitrogens is 1. The first-order valence-corrected chi connectivity index (χ1v) is 7.32. The van der Waals surface area contributed by atoms with Gasteiger partial charge in [0.2, 0.25) is 0 Å². The van der Waals surface area contributed by atoms with Crippen LogP contribution in [0.25, 0.3) is 10.9 Å². The van der Waals surface area contributed by atoms with E-state index < -0.39 is 0 Å². The van der Waals surface area contributed by atoms with Crippen LogP contribution in [0, 0.1) is 5.41 Å². The Morgan fingerprint density at radius 3 is 2.81 bits per heavy atom. The predicted octanol–water partition coefficient (Wildman–Crippen LogP) is 3.67. The summed E-state index contributed by atoms with van der Waals surface area (Å²) < 4.78 is 17.1. The molecule has 0 atom stereocenters. The van der Waals surface area contributed by atoms with Gasteiger partial charge in [0.25, 0.3) is 0 Å². The molecular formula is C16H18ClNO3.